The number of rotatable bonds is 6. The number of ether oxygens (including phenoxy) is 1. The van der Waals surface area contributed by atoms with E-state index in [1.807, 2.05) is 19.1 Å². The minimum Gasteiger partial charge on any atom is -0.491 e. The summed E-state index contributed by atoms with van der Waals surface area (Å²) in [5.41, 5.74) is 0.986. The standard InChI is InChI=1S/C16H15F2N3OS/c1-10(11-2-4-12(5-3-11)22-7-6-17)21-15-14-13(18)8-23-16(14)20-9-19-15/h2-5,8-10H,6-7H2,1H3,(H,19,20,21). The van der Waals surface area contributed by atoms with Crippen LogP contribution in [0.5, 0.6) is 5.75 Å². The maximum absolute atomic E-state index is 13.9. The van der Waals surface area contributed by atoms with E-state index in [-0.39, 0.29) is 18.5 Å². The normalized spacial score (nSPS) is 12.3. The Kier molecular flexibility index (Phi) is 4.66. The van der Waals surface area contributed by atoms with Gasteiger partial charge in [-0.2, -0.15) is 0 Å². The summed E-state index contributed by atoms with van der Waals surface area (Å²) in [6, 6.07) is 7.25. The van der Waals surface area contributed by atoms with E-state index in [0.29, 0.717) is 21.8 Å². The Morgan fingerprint density at radius 1 is 1.26 bits per heavy atom. The monoisotopic (exact) mass is 335 g/mol. The zero-order chi connectivity index (χ0) is 16.2. The van der Waals surface area contributed by atoms with Gasteiger partial charge in [0.2, 0.25) is 0 Å². The molecule has 23 heavy (non-hydrogen) atoms. The number of aromatic nitrogens is 2. The van der Waals surface area contributed by atoms with Crippen molar-refractivity contribution in [3.63, 3.8) is 0 Å². The van der Waals surface area contributed by atoms with Crippen LogP contribution >= 0.6 is 11.3 Å². The summed E-state index contributed by atoms with van der Waals surface area (Å²) >= 11 is 1.25. The maximum atomic E-state index is 13.9. The summed E-state index contributed by atoms with van der Waals surface area (Å²) in [6.07, 6.45) is 1.42. The summed E-state index contributed by atoms with van der Waals surface area (Å²) in [4.78, 5) is 8.82. The van der Waals surface area contributed by atoms with Crippen LogP contribution in [0.4, 0.5) is 14.6 Å². The second-order valence-electron chi connectivity index (χ2n) is 4.96. The highest BCUT2D eigenvalue weighted by Crippen LogP contribution is 2.30. The van der Waals surface area contributed by atoms with Gasteiger partial charge in [-0.1, -0.05) is 12.1 Å². The highest BCUT2D eigenvalue weighted by molar-refractivity contribution is 7.16. The molecule has 0 saturated heterocycles. The van der Waals surface area contributed by atoms with Gasteiger partial charge in [0.05, 0.1) is 5.39 Å². The third kappa shape index (κ3) is 3.39. The second-order valence-corrected chi connectivity index (χ2v) is 5.82. The van der Waals surface area contributed by atoms with Gasteiger partial charge in [0.1, 0.15) is 41.8 Å². The molecule has 3 rings (SSSR count). The van der Waals surface area contributed by atoms with Gasteiger partial charge >= 0.3 is 0 Å². The molecule has 2 heterocycles. The molecule has 0 saturated carbocycles. The molecule has 0 radical (unpaired) electrons. The first kappa shape index (κ1) is 15.6. The number of alkyl halides is 1. The van der Waals surface area contributed by atoms with Crippen LogP contribution in [0, 0.1) is 5.82 Å². The van der Waals surface area contributed by atoms with Crippen LogP contribution in [0.1, 0.15) is 18.5 Å². The molecule has 2 aromatic heterocycles. The molecule has 4 nitrogen and oxygen atoms in total. The lowest BCUT2D eigenvalue weighted by Gasteiger charge is -2.16. The predicted octanol–water partition coefficient (Wildman–Crippen LogP) is 4.35. The zero-order valence-electron chi connectivity index (χ0n) is 12.4. The van der Waals surface area contributed by atoms with E-state index in [0.717, 1.165) is 5.56 Å². The molecule has 0 fully saturated rings. The fourth-order valence-corrected chi connectivity index (χ4v) is 3.00. The third-order valence-corrected chi connectivity index (χ3v) is 4.26. The quantitative estimate of drug-likeness (QED) is 0.727. The van der Waals surface area contributed by atoms with Crippen molar-refractivity contribution in [3.05, 3.63) is 47.4 Å². The van der Waals surface area contributed by atoms with Gasteiger partial charge in [0.15, 0.2) is 0 Å². The number of nitrogens with one attached hydrogen (secondary N) is 1. The number of thiophene rings is 1. The first-order valence-electron chi connectivity index (χ1n) is 7.12. The van der Waals surface area contributed by atoms with Gasteiger partial charge in [0.25, 0.3) is 0 Å². The molecular weight excluding hydrogens is 320 g/mol. The molecule has 3 aromatic rings. The van der Waals surface area contributed by atoms with Crippen LogP contribution < -0.4 is 10.1 Å². The summed E-state index contributed by atoms with van der Waals surface area (Å²) in [5, 5.41) is 5.04. The third-order valence-electron chi connectivity index (χ3n) is 3.40. The highest BCUT2D eigenvalue weighted by Gasteiger charge is 2.14. The molecule has 120 valence electrons. The number of benzene rings is 1. The van der Waals surface area contributed by atoms with E-state index in [2.05, 4.69) is 15.3 Å². The molecule has 1 N–H and O–H groups in total. The predicted molar refractivity (Wildman–Crippen MR) is 87.3 cm³/mol. The number of fused-ring (bicyclic) bond motifs is 1. The first-order valence-corrected chi connectivity index (χ1v) is 8.00. The molecule has 0 aliphatic carbocycles. The van der Waals surface area contributed by atoms with Gasteiger partial charge in [-0.15, -0.1) is 11.3 Å². The molecule has 7 heteroatoms. The van der Waals surface area contributed by atoms with E-state index in [9.17, 15) is 8.78 Å². The highest BCUT2D eigenvalue weighted by atomic mass is 32.1. The van der Waals surface area contributed by atoms with Gasteiger partial charge in [-0.3, -0.25) is 0 Å². The Balaban J connectivity index is 1.78. The second kappa shape index (κ2) is 6.87. The Morgan fingerprint density at radius 2 is 2.04 bits per heavy atom. The Bertz CT molecular complexity index is 792. The van der Waals surface area contributed by atoms with E-state index in [1.54, 1.807) is 12.1 Å². The van der Waals surface area contributed by atoms with Gasteiger partial charge in [-0.05, 0) is 24.6 Å². The van der Waals surface area contributed by atoms with Gasteiger partial charge < -0.3 is 10.1 Å². The number of hydrogen-bond acceptors (Lipinski definition) is 5. The molecule has 1 aromatic carbocycles. The van der Waals surface area contributed by atoms with Crippen molar-refractivity contribution in [2.75, 3.05) is 18.6 Å². The van der Waals surface area contributed by atoms with E-state index in [1.165, 1.54) is 23.0 Å². The molecule has 0 bridgehead atoms. The smallest absolute Gasteiger partial charge is 0.147 e. The molecule has 0 amide bonds. The lowest BCUT2D eigenvalue weighted by Crippen LogP contribution is -2.08. The fraction of sp³-hybridized carbons (Fsp3) is 0.250. The Labute approximate surface area is 136 Å². The average molecular weight is 335 g/mol. The minimum atomic E-state index is -0.518. The van der Waals surface area contributed by atoms with Crippen molar-refractivity contribution in [2.24, 2.45) is 0 Å². The molecule has 0 aliphatic heterocycles. The van der Waals surface area contributed by atoms with E-state index in [4.69, 9.17) is 4.74 Å². The van der Waals surface area contributed by atoms with Crippen LogP contribution in [0.2, 0.25) is 0 Å². The topological polar surface area (TPSA) is 47.0 Å². The van der Waals surface area contributed by atoms with Gasteiger partial charge in [0, 0.05) is 11.4 Å². The summed E-state index contributed by atoms with van der Waals surface area (Å²) < 4.78 is 31.2. The van der Waals surface area contributed by atoms with Crippen molar-refractivity contribution in [3.8, 4) is 5.75 Å². The van der Waals surface area contributed by atoms with Crippen molar-refractivity contribution < 1.29 is 13.5 Å². The number of nitrogens with zero attached hydrogens (tertiary/aromatic N) is 2. The fourth-order valence-electron chi connectivity index (χ4n) is 2.25. The summed E-state index contributed by atoms with van der Waals surface area (Å²) in [5.74, 6) is 0.765. The van der Waals surface area contributed by atoms with Crippen LogP contribution in [-0.2, 0) is 0 Å². The number of hydrogen-bond donors (Lipinski definition) is 1. The minimum absolute atomic E-state index is 0.0451. The largest absolute Gasteiger partial charge is 0.491 e. The zero-order valence-corrected chi connectivity index (χ0v) is 13.2. The lowest BCUT2D eigenvalue weighted by atomic mass is 10.1. The average Bonchev–Trinajstić information content (AvgIpc) is 2.96. The number of halogens is 2. The summed E-state index contributed by atoms with van der Waals surface area (Å²) in [6.45, 7) is 1.48. The van der Waals surface area contributed by atoms with Crippen LogP contribution in [0.3, 0.4) is 0 Å². The molecule has 1 atom stereocenters. The van der Waals surface area contributed by atoms with E-state index >= 15 is 0 Å². The van der Waals surface area contributed by atoms with E-state index < -0.39 is 6.67 Å². The van der Waals surface area contributed by atoms with Crippen molar-refractivity contribution in [1.29, 1.82) is 0 Å². The van der Waals surface area contributed by atoms with Crippen LogP contribution in [0.25, 0.3) is 10.2 Å². The lowest BCUT2D eigenvalue weighted by molar-refractivity contribution is 0.273. The van der Waals surface area contributed by atoms with Crippen molar-refractivity contribution in [1.82, 2.24) is 9.97 Å². The van der Waals surface area contributed by atoms with Crippen molar-refractivity contribution >= 4 is 27.4 Å². The Hall–Kier alpha value is -2.28. The number of anilines is 1. The van der Waals surface area contributed by atoms with Crippen molar-refractivity contribution in [2.45, 2.75) is 13.0 Å². The first-order chi connectivity index (χ1) is 11.2. The Morgan fingerprint density at radius 3 is 2.78 bits per heavy atom. The molecule has 1 unspecified atom stereocenters. The SMILES string of the molecule is CC(Nc1ncnc2scc(F)c12)c1ccc(OCCF)cc1. The van der Waals surface area contributed by atoms with Crippen LogP contribution in [-0.4, -0.2) is 23.2 Å². The molecular formula is C16H15F2N3OS. The van der Waals surface area contributed by atoms with Crippen LogP contribution in [0.15, 0.2) is 36.0 Å². The maximum Gasteiger partial charge on any atom is 0.147 e. The van der Waals surface area contributed by atoms with Gasteiger partial charge in [-0.25, -0.2) is 18.7 Å². The molecule has 0 spiro atoms. The molecule has 0 aliphatic rings. The summed E-state index contributed by atoms with van der Waals surface area (Å²) in [7, 11) is 0.